The molecule has 0 aliphatic rings. The van der Waals surface area contributed by atoms with Crippen molar-refractivity contribution in [2.24, 2.45) is 0 Å². The van der Waals surface area contributed by atoms with Crippen LogP contribution in [0, 0.1) is 15.2 Å². The predicted molar refractivity (Wildman–Crippen MR) is 97.9 cm³/mol. The lowest BCUT2D eigenvalue weighted by Gasteiger charge is -2.09. The molecule has 0 amide bonds. The molecule has 0 radical (unpaired) electrons. The van der Waals surface area contributed by atoms with Crippen LogP contribution >= 0.6 is 33.9 Å². The lowest BCUT2D eigenvalue weighted by Crippen LogP contribution is -2.05. The van der Waals surface area contributed by atoms with Gasteiger partial charge in [-0.1, -0.05) is 0 Å². The van der Waals surface area contributed by atoms with Crippen LogP contribution in [0.2, 0.25) is 0 Å². The van der Waals surface area contributed by atoms with E-state index in [0.717, 1.165) is 21.1 Å². The van der Waals surface area contributed by atoms with Crippen molar-refractivity contribution in [1.82, 2.24) is 4.98 Å². The summed E-state index contributed by atoms with van der Waals surface area (Å²) in [5, 5.41) is 3.29. The monoisotopic (exact) mass is 460 g/mol. The molecule has 3 aromatic rings. The Kier molecular flexibility index (Phi) is 4.95. The number of fused-ring (bicyclic) bond motifs is 1. The van der Waals surface area contributed by atoms with Gasteiger partial charge in [-0.15, -0.1) is 11.3 Å². The van der Waals surface area contributed by atoms with Crippen molar-refractivity contribution in [3.05, 3.63) is 50.7 Å². The Labute approximate surface area is 154 Å². The zero-order valence-electron chi connectivity index (χ0n) is 12.4. The van der Waals surface area contributed by atoms with Crippen molar-refractivity contribution in [2.75, 3.05) is 11.9 Å². The molecular formula is C16H11F2IN2O2S. The quantitative estimate of drug-likeness (QED) is 0.435. The van der Waals surface area contributed by atoms with Crippen LogP contribution in [0.3, 0.4) is 0 Å². The Morgan fingerprint density at radius 1 is 1.33 bits per heavy atom. The van der Waals surface area contributed by atoms with E-state index in [-0.39, 0.29) is 21.9 Å². The minimum atomic E-state index is -0.591. The fourth-order valence-electron chi connectivity index (χ4n) is 2.17. The van der Waals surface area contributed by atoms with Crippen LogP contribution in [-0.4, -0.2) is 17.6 Å². The minimum absolute atomic E-state index is 0.178. The van der Waals surface area contributed by atoms with Crippen LogP contribution in [0.1, 0.15) is 16.6 Å². The summed E-state index contributed by atoms with van der Waals surface area (Å²) in [5.74, 6) is -1.61. The summed E-state index contributed by atoms with van der Waals surface area (Å²) in [6.07, 6.45) is 2.51. The number of carbonyl (C=O) groups is 1. The molecule has 0 spiro atoms. The van der Waals surface area contributed by atoms with Gasteiger partial charge in [0.15, 0.2) is 5.82 Å². The molecule has 2 aromatic heterocycles. The molecule has 1 N–H and O–H groups in total. The van der Waals surface area contributed by atoms with E-state index in [1.165, 1.54) is 12.3 Å². The number of halogens is 3. The number of hydrogen-bond donors (Lipinski definition) is 1. The van der Waals surface area contributed by atoms with Crippen LogP contribution in [0.4, 0.5) is 20.2 Å². The zero-order valence-corrected chi connectivity index (χ0v) is 15.4. The molecule has 2 heterocycles. The lowest BCUT2D eigenvalue weighted by atomic mass is 10.2. The van der Waals surface area contributed by atoms with Crippen LogP contribution in [0.25, 0.3) is 10.1 Å². The molecule has 0 saturated heterocycles. The van der Waals surface area contributed by atoms with E-state index in [9.17, 15) is 13.6 Å². The summed E-state index contributed by atoms with van der Waals surface area (Å²) in [6, 6.07) is 4.64. The zero-order chi connectivity index (χ0) is 17.3. The van der Waals surface area contributed by atoms with Crippen molar-refractivity contribution in [2.45, 2.75) is 6.92 Å². The maximum atomic E-state index is 14.1. The fourth-order valence-corrected chi connectivity index (χ4v) is 3.65. The Balaban J connectivity index is 2.15. The molecule has 0 bridgehead atoms. The second-order valence-electron chi connectivity index (χ2n) is 4.77. The number of carbonyl (C=O) groups excluding carboxylic acids is 1. The summed E-state index contributed by atoms with van der Waals surface area (Å²) in [7, 11) is 0. The van der Waals surface area contributed by atoms with Crippen LogP contribution in [0.15, 0.2) is 30.6 Å². The van der Waals surface area contributed by atoms with Gasteiger partial charge in [0, 0.05) is 15.2 Å². The number of ether oxygens (including phenoxy) is 1. The Morgan fingerprint density at radius 3 is 2.83 bits per heavy atom. The molecule has 8 heteroatoms. The highest BCUT2D eigenvalue weighted by molar-refractivity contribution is 14.1. The maximum absolute atomic E-state index is 14.1. The molecule has 4 nitrogen and oxygen atoms in total. The third-order valence-electron chi connectivity index (χ3n) is 3.21. The van der Waals surface area contributed by atoms with Crippen molar-refractivity contribution in [3.8, 4) is 0 Å². The largest absolute Gasteiger partial charge is 0.462 e. The number of pyridine rings is 1. The van der Waals surface area contributed by atoms with Gasteiger partial charge in [0.2, 0.25) is 0 Å². The van der Waals surface area contributed by atoms with Gasteiger partial charge in [-0.05, 0) is 47.7 Å². The van der Waals surface area contributed by atoms with Gasteiger partial charge < -0.3 is 10.1 Å². The first-order chi connectivity index (χ1) is 11.5. The average molecular weight is 460 g/mol. The molecule has 0 saturated carbocycles. The highest BCUT2D eigenvalue weighted by Crippen LogP contribution is 2.39. The van der Waals surface area contributed by atoms with Crippen molar-refractivity contribution < 1.29 is 18.3 Å². The minimum Gasteiger partial charge on any atom is -0.462 e. The van der Waals surface area contributed by atoms with Gasteiger partial charge in [-0.3, -0.25) is 4.98 Å². The molecule has 3 rings (SSSR count). The van der Waals surface area contributed by atoms with E-state index in [1.54, 1.807) is 19.1 Å². The first-order valence-electron chi connectivity index (χ1n) is 6.96. The molecule has 0 fully saturated rings. The highest BCUT2D eigenvalue weighted by atomic mass is 127. The number of nitrogens with zero attached hydrogens (tertiary/aromatic N) is 1. The Hall–Kier alpha value is -1.81. The number of aromatic nitrogens is 1. The molecular weight excluding hydrogens is 449 g/mol. The SMILES string of the molecule is CCOC(=O)c1sc2c(F)cncc2c1Nc1ccc(I)cc1F. The number of hydrogen-bond acceptors (Lipinski definition) is 5. The number of nitrogens with one attached hydrogen (secondary N) is 1. The normalized spacial score (nSPS) is 10.8. The van der Waals surface area contributed by atoms with Crippen molar-refractivity contribution in [3.63, 3.8) is 0 Å². The third kappa shape index (κ3) is 3.20. The fraction of sp³-hybridized carbons (Fsp3) is 0.125. The van der Waals surface area contributed by atoms with E-state index in [1.807, 2.05) is 22.6 Å². The van der Waals surface area contributed by atoms with Gasteiger partial charge in [0.05, 0.1) is 28.9 Å². The second kappa shape index (κ2) is 6.98. The van der Waals surface area contributed by atoms with Crippen molar-refractivity contribution >= 4 is 61.4 Å². The number of esters is 1. The lowest BCUT2D eigenvalue weighted by molar-refractivity contribution is 0.0533. The predicted octanol–water partition coefficient (Wildman–Crippen LogP) is 5.10. The molecule has 1 aromatic carbocycles. The standard InChI is InChI=1S/C16H11F2IN2O2S/c1-2-23-16(22)15-13(9-6-20-7-11(18)14(9)24-15)21-12-4-3-8(19)5-10(12)17/h3-7,21H,2H2,1H3. The number of anilines is 2. The average Bonchev–Trinajstić information content (AvgIpc) is 2.90. The van der Waals surface area contributed by atoms with Gasteiger partial charge in [-0.2, -0.15) is 0 Å². The first kappa shape index (κ1) is 17.0. The number of rotatable bonds is 4. The molecule has 124 valence electrons. The summed E-state index contributed by atoms with van der Waals surface area (Å²) in [4.78, 5) is 16.2. The van der Waals surface area contributed by atoms with Gasteiger partial charge in [0.1, 0.15) is 10.7 Å². The van der Waals surface area contributed by atoms with Gasteiger partial charge in [-0.25, -0.2) is 13.6 Å². The molecule has 24 heavy (non-hydrogen) atoms. The second-order valence-corrected chi connectivity index (χ2v) is 7.04. The van der Waals surface area contributed by atoms with E-state index >= 15 is 0 Å². The maximum Gasteiger partial charge on any atom is 0.350 e. The summed E-state index contributed by atoms with van der Waals surface area (Å²) in [5.41, 5.74) is 0.477. The Bertz CT molecular complexity index is 930. The number of thiophene rings is 1. The molecule has 0 atom stereocenters. The van der Waals surface area contributed by atoms with E-state index < -0.39 is 17.6 Å². The van der Waals surface area contributed by atoms with E-state index in [0.29, 0.717) is 11.1 Å². The van der Waals surface area contributed by atoms with Crippen LogP contribution in [-0.2, 0) is 4.74 Å². The summed E-state index contributed by atoms with van der Waals surface area (Å²) in [6.45, 7) is 1.87. The van der Waals surface area contributed by atoms with E-state index in [2.05, 4.69) is 10.3 Å². The molecule has 0 aliphatic heterocycles. The number of benzene rings is 1. The van der Waals surface area contributed by atoms with Crippen LogP contribution < -0.4 is 5.32 Å². The van der Waals surface area contributed by atoms with Gasteiger partial charge >= 0.3 is 5.97 Å². The summed E-state index contributed by atoms with van der Waals surface area (Å²) < 4.78 is 34.1. The van der Waals surface area contributed by atoms with Gasteiger partial charge in [0.25, 0.3) is 0 Å². The smallest absolute Gasteiger partial charge is 0.350 e. The molecule has 0 unspecified atom stereocenters. The summed E-state index contributed by atoms with van der Waals surface area (Å²) >= 11 is 2.95. The topological polar surface area (TPSA) is 51.2 Å². The van der Waals surface area contributed by atoms with Crippen LogP contribution in [0.5, 0.6) is 0 Å². The van der Waals surface area contributed by atoms with E-state index in [4.69, 9.17) is 4.74 Å². The molecule has 0 aliphatic carbocycles. The Morgan fingerprint density at radius 2 is 2.12 bits per heavy atom. The van der Waals surface area contributed by atoms with Crippen molar-refractivity contribution in [1.29, 1.82) is 0 Å². The third-order valence-corrected chi connectivity index (χ3v) is 5.07. The highest BCUT2D eigenvalue weighted by Gasteiger charge is 2.22. The first-order valence-corrected chi connectivity index (χ1v) is 8.86.